The molecule has 3 aromatic carbocycles. The third-order valence-electron chi connectivity index (χ3n) is 5.74. The molecule has 0 radical (unpaired) electrons. The van der Waals surface area contributed by atoms with Gasteiger partial charge in [-0.15, -0.1) is 0 Å². The summed E-state index contributed by atoms with van der Waals surface area (Å²) in [6, 6.07) is 17.4. The van der Waals surface area contributed by atoms with Crippen molar-refractivity contribution in [2.75, 3.05) is 13.3 Å². The predicted octanol–water partition coefficient (Wildman–Crippen LogP) is 3.04. The Hall–Kier alpha value is -3.10. The van der Waals surface area contributed by atoms with Gasteiger partial charge in [0.05, 0.1) is 4.90 Å². The van der Waals surface area contributed by atoms with E-state index in [1.807, 2.05) is 36.4 Å². The van der Waals surface area contributed by atoms with Crippen LogP contribution >= 0.6 is 0 Å². The lowest BCUT2D eigenvalue weighted by atomic mass is 10.1. The maximum absolute atomic E-state index is 13.3. The largest absolute Gasteiger partial charge is 0.454 e. The van der Waals surface area contributed by atoms with Gasteiger partial charge in [0.1, 0.15) is 6.04 Å². The van der Waals surface area contributed by atoms with Gasteiger partial charge in [-0.05, 0) is 53.4 Å². The number of sulfonamides is 1. The van der Waals surface area contributed by atoms with Crippen LogP contribution in [0.1, 0.15) is 18.4 Å². The number of benzene rings is 3. The lowest BCUT2D eigenvalue weighted by Gasteiger charge is -2.23. The molecule has 31 heavy (non-hydrogen) atoms. The van der Waals surface area contributed by atoms with Crippen LogP contribution in [0.15, 0.2) is 65.6 Å². The van der Waals surface area contributed by atoms with Crippen molar-refractivity contribution in [3.8, 4) is 11.5 Å². The Morgan fingerprint density at radius 1 is 1.00 bits per heavy atom. The molecule has 0 aromatic heterocycles. The molecule has 3 aromatic rings. The maximum atomic E-state index is 13.3. The van der Waals surface area contributed by atoms with E-state index in [-0.39, 0.29) is 24.1 Å². The fourth-order valence-electron chi connectivity index (χ4n) is 4.11. The van der Waals surface area contributed by atoms with Gasteiger partial charge in [-0.3, -0.25) is 4.79 Å². The van der Waals surface area contributed by atoms with Gasteiger partial charge in [-0.25, -0.2) is 8.42 Å². The van der Waals surface area contributed by atoms with Gasteiger partial charge in [-0.2, -0.15) is 4.31 Å². The second-order valence-corrected chi connectivity index (χ2v) is 9.58. The van der Waals surface area contributed by atoms with E-state index in [1.165, 1.54) is 4.31 Å². The average molecular weight is 439 g/mol. The molecule has 5 rings (SSSR count). The molecule has 0 aliphatic carbocycles. The second kappa shape index (κ2) is 7.86. The van der Waals surface area contributed by atoms with Crippen molar-refractivity contribution in [3.05, 3.63) is 66.2 Å². The van der Waals surface area contributed by atoms with Gasteiger partial charge in [0, 0.05) is 13.1 Å². The highest BCUT2D eigenvalue weighted by molar-refractivity contribution is 7.89. The van der Waals surface area contributed by atoms with Gasteiger partial charge in [0.15, 0.2) is 11.5 Å². The fraction of sp³-hybridized carbons (Fsp3) is 0.261. The van der Waals surface area contributed by atoms with Crippen molar-refractivity contribution in [3.63, 3.8) is 0 Å². The van der Waals surface area contributed by atoms with E-state index in [2.05, 4.69) is 5.32 Å². The van der Waals surface area contributed by atoms with Crippen molar-refractivity contribution >= 4 is 26.7 Å². The van der Waals surface area contributed by atoms with Gasteiger partial charge in [0.25, 0.3) is 0 Å². The van der Waals surface area contributed by atoms with E-state index in [4.69, 9.17) is 9.47 Å². The Kier molecular flexibility index (Phi) is 5.03. The zero-order chi connectivity index (χ0) is 21.4. The number of rotatable bonds is 5. The van der Waals surface area contributed by atoms with Crippen LogP contribution in [0.5, 0.6) is 11.5 Å². The number of carbonyl (C=O) groups is 1. The summed E-state index contributed by atoms with van der Waals surface area (Å²) in [5, 5.41) is 4.70. The molecule has 160 valence electrons. The molecular formula is C23H22N2O5S. The topological polar surface area (TPSA) is 84.9 Å². The van der Waals surface area contributed by atoms with Gasteiger partial charge in [-0.1, -0.05) is 36.4 Å². The van der Waals surface area contributed by atoms with Crippen molar-refractivity contribution in [1.82, 2.24) is 9.62 Å². The fourth-order valence-corrected chi connectivity index (χ4v) is 5.80. The molecule has 2 heterocycles. The highest BCUT2D eigenvalue weighted by Crippen LogP contribution is 2.32. The van der Waals surface area contributed by atoms with Crippen LogP contribution in [-0.2, 0) is 21.4 Å². The molecule has 8 heteroatoms. The molecule has 0 spiro atoms. The van der Waals surface area contributed by atoms with Gasteiger partial charge >= 0.3 is 0 Å². The number of amides is 1. The van der Waals surface area contributed by atoms with Crippen molar-refractivity contribution in [2.45, 2.75) is 30.3 Å². The Morgan fingerprint density at radius 2 is 1.81 bits per heavy atom. The van der Waals surface area contributed by atoms with E-state index in [0.717, 1.165) is 16.3 Å². The first-order valence-electron chi connectivity index (χ1n) is 10.2. The van der Waals surface area contributed by atoms with Gasteiger partial charge < -0.3 is 14.8 Å². The zero-order valence-corrected chi connectivity index (χ0v) is 17.6. The Labute approximate surface area is 180 Å². The molecule has 2 aliphatic rings. The maximum Gasteiger partial charge on any atom is 0.243 e. The summed E-state index contributed by atoms with van der Waals surface area (Å²) in [5.74, 6) is 1.03. The molecule has 1 N–H and O–H groups in total. The van der Waals surface area contributed by atoms with Crippen molar-refractivity contribution < 1.29 is 22.7 Å². The molecular weight excluding hydrogens is 416 g/mol. The Bertz CT molecular complexity index is 1260. The number of ether oxygens (including phenoxy) is 2. The van der Waals surface area contributed by atoms with Gasteiger partial charge in [0.2, 0.25) is 22.7 Å². The molecule has 1 saturated heterocycles. The lowest BCUT2D eigenvalue weighted by Crippen LogP contribution is -2.45. The summed E-state index contributed by atoms with van der Waals surface area (Å²) in [5.41, 5.74) is 0.861. The van der Waals surface area contributed by atoms with Crippen LogP contribution in [0.2, 0.25) is 0 Å². The molecule has 0 bridgehead atoms. The molecule has 1 amide bonds. The second-order valence-electron chi connectivity index (χ2n) is 7.69. The van der Waals surface area contributed by atoms with E-state index in [0.29, 0.717) is 30.9 Å². The number of carbonyl (C=O) groups excluding carboxylic acids is 1. The summed E-state index contributed by atoms with van der Waals surface area (Å²) in [6.45, 7) is 0.807. The number of fused-ring (bicyclic) bond motifs is 2. The van der Waals surface area contributed by atoms with Crippen LogP contribution in [-0.4, -0.2) is 38.0 Å². The van der Waals surface area contributed by atoms with Crippen LogP contribution in [0.4, 0.5) is 0 Å². The minimum atomic E-state index is -3.78. The van der Waals surface area contributed by atoms with Crippen LogP contribution < -0.4 is 14.8 Å². The van der Waals surface area contributed by atoms with Crippen molar-refractivity contribution in [1.29, 1.82) is 0 Å². The monoisotopic (exact) mass is 438 g/mol. The number of hydrogen-bond acceptors (Lipinski definition) is 5. The first kappa shape index (κ1) is 19.8. The van der Waals surface area contributed by atoms with Crippen LogP contribution in [0.25, 0.3) is 10.8 Å². The third-order valence-corrected chi connectivity index (χ3v) is 7.64. The van der Waals surface area contributed by atoms with Crippen LogP contribution in [0, 0.1) is 0 Å². The first-order chi connectivity index (χ1) is 15.0. The smallest absolute Gasteiger partial charge is 0.243 e. The molecule has 0 unspecified atom stereocenters. The molecule has 2 aliphatic heterocycles. The number of hydrogen-bond donors (Lipinski definition) is 1. The highest BCUT2D eigenvalue weighted by Gasteiger charge is 2.39. The molecule has 1 fully saturated rings. The predicted molar refractivity (Wildman–Crippen MR) is 115 cm³/mol. The van der Waals surface area contributed by atoms with Crippen LogP contribution in [0.3, 0.4) is 0 Å². The van der Waals surface area contributed by atoms with E-state index in [9.17, 15) is 13.2 Å². The van der Waals surface area contributed by atoms with E-state index in [1.54, 1.807) is 24.3 Å². The lowest BCUT2D eigenvalue weighted by molar-refractivity contribution is -0.124. The quantitative estimate of drug-likeness (QED) is 0.662. The van der Waals surface area contributed by atoms with Crippen molar-refractivity contribution in [2.24, 2.45) is 0 Å². The molecule has 0 saturated carbocycles. The first-order valence-corrected chi connectivity index (χ1v) is 11.6. The zero-order valence-electron chi connectivity index (χ0n) is 16.8. The summed E-state index contributed by atoms with van der Waals surface area (Å²) in [7, 11) is -3.78. The highest BCUT2D eigenvalue weighted by atomic mass is 32.2. The SMILES string of the molecule is O=C(NCc1ccc2c(c1)OCO2)[C@@H]1CCCN1S(=O)(=O)c1ccc2ccccc2c1. The van der Waals surface area contributed by atoms with E-state index >= 15 is 0 Å². The Morgan fingerprint density at radius 3 is 2.68 bits per heavy atom. The van der Waals surface area contributed by atoms with E-state index < -0.39 is 16.1 Å². The molecule has 7 nitrogen and oxygen atoms in total. The summed E-state index contributed by atoms with van der Waals surface area (Å²) >= 11 is 0. The summed E-state index contributed by atoms with van der Waals surface area (Å²) in [6.07, 6.45) is 1.15. The minimum absolute atomic E-state index is 0.189. The number of nitrogens with zero attached hydrogens (tertiary/aromatic N) is 1. The third kappa shape index (κ3) is 3.73. The molecule has 1 atom stereocenters. The standard InChI is InChI=1S/C23H22N2O5S/c26-23(24-14-16-7-10-21-22(12-16)30-15-29-21)20-6-3-11-25(20)31(27,28)19-9-8-17-4-1-2-5-18(17)13-19/h1-2,4-5,7-10,12-13,20H,3,6,11,14-15H2,(H,24,26)/t20-/m0/s1. The number of nitrogens with one attached hydrogen (secondary N) is 1. The Balaban J connectivity index is 1.32. The summed E-state index contributed by atoms with van der Waals surface area (Å²) < 4.78 is 38.6. The normalized spacial score (nSPS) is 18.4. The summed E-state index contributed by atoms with van der Waals surface area (Å²) in [4.78, 5) is 13.1. The average Bonchev–Trinajstić information content (AvgIpc) is 3.46. The minimum Gasteiger partial charge on any atom is -0.454 e.